The normalized spacial score (nSPS) is 11.2. The fourth-order valence-corrected chi connectivity index (χ4v) is 1.14. The zero-order chi connectivity index (χ0) is 11.3. The van der Waals surface area contributed by atoms with Gasteiger partial charge in [0, 0.05) is 23.8 Å². The summed E-state index contributed by atoms with van der Waals surface area (Å²) in [5.41, 5.74) is 1.17. The lowest BCUT2D eigenvalue weighted by molar-refractivity contribution is 0.414. The van der Waals surface area contributed by atoms with Gasteiger partial charge in [-0.15, -0.1) is 0 Å². The number of hydrogen-bond acceptors (Lipinski definition) is 3. The van der Waals surface area contributed by atoms with Crippen molar-refractivity contribution < 1.29 is 4.74 Å². The molecule has 0 saturated heterocycles. The smallest absolute Gasteiger partial charge is 0.120 e. The zero-order valence-electron chi connectivity index (χ0n) is 9.92. The molecular formula is C12H20N2O. The summed E-state index contributed by atoms with van der Waals surface area (Å²) < 4.78 is 5.16. The lowest BCUT2D eigenvalue weighted by Gasteiger charge is -2.24. The van der Waals surface area contributed by atoms with Gasteiger partial charge in [-0.2, -0.15) is 0 Å². The first-order valence-corrected chi connectivity index (χ1v) is 5.14. The standard InChI is InChI=1S/C12H20N2O/c1-12(2,13-3)9-14-10-6-5-7-11(8-10)15-4/h5-8,13-14H,9H2,1-4H3. The molecule has 0 amide bonds. The van der Waals surface area contributed by atoms with Crippen LogP contribution in [0.4, 0.5) is 5.69 Å². The molecule has 0 aromatic heterocycles. The Morgan fingerprint density at radius 3 is 2.67 bits per heavy atom. The van der Waals surface area contributed by atoms with Crippen LogP contribution in [0.25, 0.3) is 0 Å². The van der Waals surface area contributed by atoms with Crippen LogP contribution in [-0.2, 0) is 0 Å². The minimum atomic E-state index is 0.0864. The molecule has 0 aliphatic rings. The van der Waals surface area contributed by atoms with Gasteiger partial charge in [0.05, 0.1) is 7.11 Å². The van der Waals surface area contributed by atoms with E-state index in [1.165, 1.54) is 0 Å². The molecule has 15 heavy (non-hydrogen) atoms. The Labute approximate surface area is 91.8 Å². The molecule has 3 nitrogen and oxygen atoms in total. The maximum absolute atomic E-state index is 5.16. The zero-order valence-corrected chi connectivity index (χ0v) is 9.92. The van der Waals surface area contributed by atoms with Crippen molar-refractivity contribution in [1.82, 2.24) is 5.32 Å². The van der Waals surface area contributed by atoms with Crippen LogP contribution in [0.5, 0.6) is 5.75 Å². The number of anilines is 1. The van der Waals surface area contributed by atoms with E-state index in [-0.39, 0.29) is 5.54 Å². The average molecular weight is 208 g/mol. The van der Waals surface area contributed by atoms with Crippen LogP contribution in [0.15, 0.2) is 24.3 Å². The van der Waals surface area contributed by atoms with Crippen molar-refractivity contribution in [2.45, 2.75) is 19.4 Å². The molecule has 84 valence electrons. The minimum Gasteiger partial charge on any atom is -0.497 e. The molecule has 0 spiro atoms. The van der Waals surface area contributed by atoms with Gasteiger partial charge in [0.15, 0.2) is 0 Å². The summed E-state index contributed by atoms with van der Waals surface area (Å²) in [6, 6.07) is 7.95. The Hall–Kier alpha value is -1.22. The van der Waals surface area contributed by atoms with Gasteiger partial charge in [0.2, 0.25) is 0 Å². The van der Waals surface area contributed by atoms with Gasteiger partial charge < -0.3 is 15.4 Å². The first-order valence-electron chi connectivity index (χ1n) is 5.14. The lowest BCUT2D eigenvalue weighted by Crippen LogP contribution is -2.42. The van der Waals surface area contributed by atoms with Crippen molar-refractivity contribution in [2.24, 2.45) is 0 Å². The van der Waals surface area contributed by atoms with Crippen LogP contribution < -0.4 is 15.4 Å². The Morgan fingerprint density at radius 1 is 1.33 bits per heavy atom. The highest BCUT2D eigenvalue weighted by Crippen LogP contribution is 2.17. The number of ether oxygens (including phenoxy) is 1. The molecule has 0 saturated carbocycles. The second kappa shape index (κ2) is 5.03. The number of rotatable bonds is 5. The Bertz CT molecular complexity index is 310. The number of hydrogen-bond donors (Lipinski definition) is 2. The third kappa shape index (κ3) is 3.80. The molecule has 0 fully saturated rings. The number of benzene rings is 1. The highest BCUT2D eigenvalue weighted by Gasteiger charge is 2.13. The summed E-state index contributed by atoms with van der Waals surface area (Å²) in [6.45, 7) is 5.18. The molecule has 0 heterocycles. The van der Waals surface area contributed by atoms with Gasteiger partial charge in [0.25, 0.3) is 0 Å². The molecule has 0 aliphatic carbocycles. The van der Waals surface area contributed by atoms with Crippen LogP contribution in [0, 0.1) is 0 Å². The quantitative estimate of drug-likeness (QED) is 0.777. The Morgan fingerprint density at radius 2 is 2.07 bits per heavy atom. The van der Waals surface area contributed by atoms with Crippen molar-refractivity contribution in [3.05, 3.63) is 24.3 Å². The SMILES string of the molecule is CNC(C)(C)CNc1cccc(OC)c1. The summed E-state index contributed by atoms with van der Waals surface area (Å²) in [6.07, 6.45) is 0. The van der Waals surface area contributed by atoms with Crippen molar-refractivity contribution >= 4 is 5.69 Å². The van der Waals surface area contributed by atoms with E-state index in [1.54, 1.807) is 7.11 Å². The maximum Gasteiger partial charge on any atom is 0.120 e. The number of methoxy groups -OCH3 is 1. The van der Waals surface area contributed by atoms with Gasteiger partial charge in [-0.3, -0.25) is 0 Å². The first kappa shape index (κ1) is 11.9. The predicted octanol–water partition coefficient (Wildman–Crippen LogP) is 2.11. The molecule has 2 N–H and O–H groups in total. The van der Waals surface area contributed by atoms with Gasteiger partial charge in [-0.05, 0) is 33.0 Å². The average Bonchev–Trinajstić information content (AvgIpc) is 2.27. The topological polar surface area (TPSA) is 33.3 Å². The molecule has 0 aliphatic heterocycles. The van der Waals surface area contributed by atoms with Crippen molar-refractivity contribution in [2.75, 3.05) is 26.0 Å². The highest BCUT2D eigenvalue weighted by atomic mass is 16.5. The Balaban J connectivity index is 2.57. The highest BCUT2D eigenvalue weighted by molar-refractivity contribution is 5.48. The molecule has 3 heteroatoms. The molecule has 0 bridgehead atoms. The Kier molecular flexibility index (Phi) is 3.97. The van der Waals surface area contributed by atoms with E-state index in [9.17, 15) is 0 Å². The van der Waals surface area contributed by atoms with Crippen LogP contribution in [0.1, 0.15) is 13.8 Å². The monoisotopic (exact) mass is 208 g/mol. The summed E-state index contributed by atoms with van der Waals surface area (Å²) in [4.78, 5) is 0. The molecule has 1 rings (SSSR count). The van der Waals surface area contributed by atoms with E-state index in [0.29, 0.717) is 0 Å². The lowest BCUT2D eigenvalue weighted by atomic mass is 10.1. The van der Waals surface area contributed by atoms with E-state index in [2.05, 4.69) is 24.5 Å². The largest absolute Gasteiger partial charge is 0.497 e. The van der Waals surface area contributed by atoms with Crippen LogP contribution in [-0.4, -0.2) is 26.2 Å². The van der Waals surface area contributed by atoms with E-state index in [0.717, 1.165) is 18.0 Å². The van der Waals surface area contributed by atoms with E-state index in [4.69, 9.17) is 4.74 Å². The minimum absolute atomic E-state index is 0.0864. The fraction of sp³-hybridized carbons (Fsp3) is 0.500. The maximum atomic E-state index is 5.16. The third-order valence-electron chi connectivity index (χ3n) is 2.48. The first-order chi connectivity index (χ1) is 7.07. The molecular weight excluding hydrogens is 188 g/mol. The fourth-order valence-electron chi connectivity index (χ4n) is 1.14. The molecule has 1 aromatic carbocycles. The van der Waals surface area contributed by atoms with Crippen molar-refractivity contribution in [1.29, 1.82) is 0 Å². The van der Waals surface area contributed by atoms with E-state index >= 15 is 0 Å². The second-order valence-corrected chi connectivity index (χ2v) is 4.22. The van der Waals surface area contributed by atoms with Crippen LogP contribution in [0.3, 0.4) is 0 Å². The van der Waals surface area contributed by atoms with Crippen LogP contribution in [0.2, 0.25) is 0 Å². The third-order valence-corrected chi connectivity index (χ3v) is 2.48. The van der Waals surface area contributed by atoms with Crippen LogP contribution >= 0.6 is 0 Å². The molecule has 0 unspecified atom stereocenters. The van der Waals surface area contributed by atoms with E-state index < -0.39 is 0 Å². The van der Waals surface area contributed by atoms with Gasteiger partial charge in [-0.25, -0.2) is 0 Å². The molecule has 0 atom stereocenters. The second-order valence-electron chi connectivity index (χ2n) is 4.22. The van der Waals surface area contributed by atoms with Crippen molar-refractivity contribution in [3.8, 4) is 5.75 Å². The van der Waals surface area contributed by atoms with Gasteiger partial charge >= 0.3 is 0 Å². The van der Waals surface area contributed by atoms with E-state index in [1.807, 2.05) is 31.3 Å². The number of likely N-dealkylation sites (N-methyl/N-ethyl adjacent to an activating group) is 1. The summed E-state index contributed by atoms with van der Waals surface area (Å²) >= 11 is 0. The summed E-state index contributed by atoms with van der Waals surface area (Å²) in [5.74, 6) is 0.877. The molecule has 1 aromatic rings. The van der Waals surface area contributed by atoms with Gasteiger partial charge in [-0.1, -0.05) is 6.07 Å². The summed E-state index contributed by atoms with van der Waals surface area (Å²) in [7, 11) is 3.64. The predicted molar refractivity (Wildman–Crippen MR) is 64.6 cm³/mol. The number of nitrogens with one attached hydrogen (secondary N) is 2. The van der Waals surface area contributed by atoms with Gasteiger partial charge in [0.1, 0.15) is 5.75 Å². The summed E-state index contributed by atoms with van der Waals surface area (Å²) in [5, 5.41) is 6.61. The van der Waals surface area contributed by atoms with Crippen molar-refractivity contribution in [3.63, 3.8) is 0 Å². The molecule has 0 radical (unpaired) electrons.